The van der Waals surface area contributed by atoms with Crippen LogP contribution in [-0.2, 0) is 0 Å². The molecule has 0 aromatic rings. The first kappa shape index (κ1) is 11.9. The van der Waals surface area contributed by atoms with Crippen LogP contribution in [0.15, 0.2) is 0 Å². The average molecular weight is 172 g/mol. The van der Waals surface area contributed by atoms with E-state index in [0.29, 0.717) is 5.41 Å². The molecule has 0 saturated heterocycles. The van der Waals surface area contributed by atoms with Crippen LogP contribution in [0.4, 0.5) is 0 Å². The van der Waals surface area contributed by atoms with Crippen LogP contribution in [0.1, 0.15) is 33.1 Å². The number of hydrogen-bond donors (Lipinski definition) is 1. The molecule has 12 heavy (non-hydrogen) atoms. The van der Waals surface area contributed by atoms with E-state index >= 15 is 0 Å². The van der Waals surface area contributed by atoms with Gasteiger partial charge in [-0.3, -0.25) is 0 Å². The molecule has 74 valence electrons. The Bertz CT molecular complexity index is 108. The lowest BCUT2D eigenvalue weighted by Gasteiger charge is -2.24. The predicted molar refractivity (Wildman–Crippen MR) is 55.2 cm³/mol. The molecule has 0 aliphatic rings. The van der Waals surface area contributed by atoms with Crippen LogP contribution < -0.4 is 5.73 Å². The zero-order valence-electron chi connectivity index (χ0n) is 9.06. The van der Waals surface area contributed by atoms with Gasteiger partial charge in [-0.25, -0.2) is 0 Å². The van der Waals surface area contributed by atoms with E-state index in [-0.39, 0.29) is 0 Å². The normalized spacial score (nSPS) is 12.5. The van der Waals surface area contributed by atoms with Crippen molar-refractivity contribution >= 4 is 0 Å². The van der Waals surface area contributed by atoms with Gasteiger partial charge in [-0.1, -0.05) is 13.8 Å². The molecule has 0 atom stereocenters. The maximum Gasteiger partial charge on any atom is -0.00246 e. The van der Waals surface area contributed by atoms with Crippen molar-refractivity contribution < 1.29 is 0 Å². The van der Waals surface area contributed by atoms with E-state index < -0.39 is 0 Å². The van der Waals surface area contributed by atoms with Crippen molar-refractivity contribution in [1.82, 2.24) is 4.90 Å². The van der Waals surface area contributed by atoms with Gasteiger partial charge >= 0.3 is 0 Å². The quantitative estimate of drug-likeness (QED) is 0.661. The third-order valence-corrected chi connectivity index (χ3v) is 2.28. The van der Waals surface area contributed by atoms with Gasteiger partial charge in [0.15, 0.2) is 0 Å². The van der Waals surface area contributed by atoms with Crippen molar-refractivity contribution in [2.45, 2.75) is 33.1 Å². The van der Waals surface area contributed by atoms with Gasteiger partial charge in [0.1, 0.15) is 0 Å². The van der Waals surface area contributed by atoms with E-state index in [1.54, 1.807) is 0 Å². The van der Waals surface area contributed by atoms with Crippen molar-refractivity contribution in [3.8, 4) is 0 Å². The Morgan fingerprint density at radius 2 is 1.75 bits per heavy atom. The Kier molecular flexibility index (Phi) is 5.51. The lowest BCUT2D eigenvalue weighted by atomic mass is 9.84. The molecule has 0 aliphatic carbocycles. The fourth-order valence-corrected chi connectivity index (χ4v) is 1.39. The van der Waals surface area contributed by atoms with Crippen molar-refractivity contribution in [2.24, 2.45) is 11.1 Å². The molecule has 2 heteroatoms. The van der Waals surface area contributed by atoms with Gasteiger partial charge in [-0.15, -0.1) is 0 Å². The maximum absolute atomic E-state index is 5.54. The Morgan fingerprint density at radius 1 is 1.17 bits per heavy atom. The second kappa shape index (κ2) is 5.55. The summed E-state index contributed by atoms with van der Waals surface area (Å²) in [5, 5.41) is 0. The van der Waals surface area contributed by atoms with Gasteiger partial charge in [-0.2, -0.15) is 0 Å². The molecule has 0 bridgehead atoms. The molecule has 0 spiro atoms. The van der Waals surface area contributed by atoms with Crippen molar-refractivity contribution in [3.63, 3.8) is 0 Å². The number of rotatable bonds is 6. The molecule has 0 fully saturated rings. The molecule has 0 aromatic carbocycles. The van der Waals surface area contributed by atoms with Crippen molar-refractivity contribution in [3.05, 3.63) is 0 Å². The largest absolute Gasteiger partial charge is 0.330 e. The minimum atomic E-state index is 0.435. The summed E-state index contributed by atoms with van der Waals surface area (Å²) in [7, 11) is 4.24. The van der Waals surface area contributed by atoms with Gasteiger partial charge in [0, 0.05) is 0 Å². The highest BCUT2D eigenvalue weighted by molar-refractivity contribution is 4.69. The second-order valence-electron chi connectivity index (χ2n) is 4.61. The summed E-state index contributed by atoms with van der Waals surface area (Å²) in [4.78, 5) is 2.23. The number of nitrogens with two attached hydrogens (primary N) is 1. The molecule has 0 heterocycles. The minimum absolute atomic E-state index is 0.435. The first-order valence-electron chi connectivity index (χ1n) is 4.83. The third kappa shape index (κ3) is 6.62. The van der Waals surface area contributed by atoms with Crippen LogP contribution in [0.2, 0.25) is 0 Å². The third-order valence-electron chi connectivity index (χ3n) is 2.28. The van der Waals surface area contributed by atoms with Crippen LogP contribution in [0, 0.1) is 5.41 Å². The molecule has 2 nitrogen and oxygen atoms in total. The first-order valence-corrected chi connectivity index (χ1v) is 4.83. The molecule has 2 N–H and O–H groups in total. The summed E-state index contributed by atoms with van der Waals surface area (Å²) in [5.41, 5.74) is 5.97. The standard InChI is InChI=1S/C10H24N2/c1-10(2,7-8-11)6-5-9-12(3)4/h5-9,11H2,1-4H3. The Labute approximate surface area is 77.1 Å². The summed E-state index contributed by atoms with van der Waals surface area (Å²) < 4.78 is 0. The monoisotopic (exact) mass is 172 g/mol. The van der Waals surface area contributed by atoms with Crippen LogP contribution in [0.5, 0.6) is 0 Å². The fraction of sp³-hybridized carbons (Fsp3) is 1.00. The summed E-state index contributed by atoms with van der Waals surface area (Å²) in [6, 6.07) is 0. The fourth-order valence-electron chi connectivity index (χ4n) is 1.39. The van der Waals surface area contributed by atoms with Gasteiger partial charge < -0.3 is 10.6 Å². The highest BCUT2D eigenvalue weighted by atomic mass is 15.0. The number of nitrogens with zero attached hydrogens (tertiary/aromatic N) is 1. The van der Waals surface area contributed by atoms with E-state index in [1.165, 1.54) is 19.4 Å². The second-order valence-corrected chi connectivity index (χ2v) is 4.61. The lowest BCUT2D eigenvalue weighted by Crippen LogP contribution is -2.20. The average Bonchev–Trinajstić information content (AvgIpc) is 1.85. The smallest absolute Gasteiger partial charge is 0.00246 e. The van der Waals surface area contributed by atoms with Crippen LogP contribution in [0.3, 0.4) is 0 Å². The summed E-state index contributed by atoms with van der Waals surface area (Å²) >= 11 is 0. The van der Waals surface area contributed by atoms with E-state index in [9.17, 15) is 0 Å². The first-order chi connectivity index (χ1) is 5.48. The Balaban J connectivity index is 3.46. The molecule has 0 aliphatic heterocycles. The van der Waals surface area contributed by atoms with Crippen molar-refractivity contribution in [2.75, 3.05) is 27.2 Å². The van der Waals surface area contributed by atoms with Crippen molar-refractivity contribution in [1.29, 1.82) is 0 Å². The summed E-state index contributed by atoms with van der Waals surface area (Å²) in [5.74, 6) is 0. The van der Waals surface area contributed by atoms with Gasteiger partial charge in [0.25, 0.3) is 0 Å². The molecular formula is C10H24N2. The minimum Gasteiger partial charge on any atom is -0.330 e. The SMILES string of the molecule is CN(C)CCCC(C)(C)CCN. The highest BCUT2D eigenvalue weighted by Crippen LogP contribution is 2.25. The molecule has 0 radical (unpaired) electrons. The molecule has 0 unspecified atom stereocenters. The lowest BCUT2D eigenvalue weighted by molar-refractivity contribution is 0.280. The van der Waals surface area contributed by atoms with E-state index in [0.717, 1.165) is 13.0 Å². The summed E-state index contributed by atoms with van der Waals surface area (Å²) in [6.07, 6.45) is 3.70. The van der Waals surface area contributed by atoms with Crippen LogP contribution >= 0.6 is 0 Å². The maximum atomic E-state index is 5.54. The molecule has 0 saturated carbocycles. The topological polar surface area (TPSA) is 29.3 Å². The highest BCUT2D eigenvalue weighted by Gasteiger charge is 2.15. The number of hydrogen-bond acceptors (Lipinski definition) is 2. The molecule has 0 rings (SSSR count). The predicted octanol–water partition coefficient (Wildman–Crippen LogP) is 1.70. The molecule has 0 aromatic heterocycles. The molecule has 0 amide bonds. The van der Waals surface area contributed by atoms with Gasteiger partial charge in [0.2, 0.25) is 0 Å². The Morgan fingerprint density at radius 3 is 2.17 bits per heavy atom. The van der Waals surface area contributed by atoms with Gasteiger partial charge in [-0.05, 0) is 51.9 Å². The molecular weight excluding hydrogens is 148 g/mol. The zero-order valence-corrected chi connectivity index (χ0v) is 9.06. The van der Waals surface area contributed by atoms with Crippen LogP contribution in [-0.4, -0.2) is 32.1 Å². The Hall–Kier alpha value is -0.0800. The zero-order chi connectivity index (χ0) is 9.61. The summed E-state index contributed by atoms with van der Waals surface area (Å²) in [6.45, 7) is 6.61. The van der Waals surface area contributed by atoms with E-state index in [2.05, 4.69) is 32.8 Å². The van der Waals surface area contributed by atoms with Gasteiger partial charge in [0.05, 0.1) is 0 Å². The van der Waals surface area contributed by atoms with E-state index in [1.807, 2.05) is 0 Å². The van der Waals surface area contributed by atoms with Crippen LogP contribution in [0.25, 0.3) is 0 Å². The van der Waals surface area contributed by atoms with E-state index in [4.69, 9.17) is 5.73 Å².